The summed E-state index contributed by atoms with van der Waals surface area (Å²) >= 11 is 0. The first kappa shape index (κ1) is 20.9. The Hall–Kier alpha value is -3.32. The maximum absolute atomic E-state index is 5.43. The molecule has 1 aliphatic rings. The molecule has 0 bridgehead atoms. The van der Waals surface area contributed by atoms with E-state index in [-0.39, 0.29) is 0 Å². The number of nitrogens with zero attached hydrogens (tertiary/aromatic N) is 3. The van der Waals surface area contributed by atoms with Gasteiger partial charge in [-0.25, -0.2) is 4.98 Å². The molecule has 0 aliphatic carbocycles. The molecule has 7 nitrogen and oxygen atoms in total. The summed E-state index contributed by atoms with van der Waals surface area (Å²) < 4.78 is 10.6. The zero-order valence-corrected chi connectivity index (χ0v) is 18.1. The molecule has 4 rings (SSSR count). The lowest BCUT2D eigenvalue weighted by atomic mass is 10.1. The number of morpholine rings is 1. The number of methoxy groups -OCH3 is 1. The average Bonchev–Trinajstić information content (AvgIpc) is 2.82. The predicted octanol–water partition coefficient (Wildman–Crippen LogP) is 4.03. The first-order chi connectivity index (χ1) is 15.2. The Morgan fingerprint density at radius 1 is 1.03 bits per heavy atom. The Morgan fingerprint density at radius 2 is 1.77 bits per heavy atom. The lowest BCUT2D eigenvalue weighted by Crippen LogP contribution is -2.36. The molecule has 1 saturated heterocycles. The van der Waals surface area contributed by atoms with Crippen LogP contribution in [0.4, 0.5) is 23.1 Å². The highest BCUT2D eigenvalue weighted by Crippen LogP contribution is 2.22. The van der Waals surface area contributed by atoms with E-state index in [0.717, 1.165) is 62.1 Å². The van der Waals surface area contributed by atoms with Crippen molar-refractivity contribution in [1.29, 1.82) is 0 Å². The number of nitrogens with one attached hydrogen (secondary N) is 2. The maximum Gasteiger partial charge on any atom is 0.229 e. The number of anilines is 4. The zero-order valence-electron chi connectivity index (χ0n) is 18.1. The second-order valence-corrected chi connectivity index (χ2v) is 7.52. The van der Waals surface area contributed by atoms with E-state index in [0.29, 0.717) is 5.95 Å². The Balaban J connectivity index is 1.34. The fraction of sp³-hybridized carbons (Fsp3) is 0.333. The van der Waals surface area contributed by atoms with Crippen molar-refractivity contribution in [2.24, 2.45) is 0 Å². The molecule has 0 saturated carbocycles. The lowest BCUT2D eigenvalue weighted by molar-refractivity contribution is 0.122. The molecule has 1 fully saturated rings. The van der Waals surface area contributed by atoms with Crippen molar-refractivity contribution in [2.45, 2.75) is 13.3 Å². The Labute approximate surface area is 183 Å². The van der Waals surface area contributed by atoms with Crippen molar-refractivity contribution in [1.82, 2.24) is 9.97 Å². The summed E-state index contributed by atoms with van der Waals surface area (Å²) in [6.07, 6.45) is 2.74. The third kappa shape index (κ3) is 5.64. The van der Waals surface area contributed by atoms with Gasteiger partial charge >= 0.3 is 0 Å². The highest BCUT2D eigenvalue weighted by molar-refractivity contribution is 5.60. The summed E-state index contributed by atoms with van der Waals surface area (Å²) in [6.45, 7) is 6.23. The molecule has 0 spiro atoms. The summed E-state index contributed by atoms with van der Waals surface area (Å²) in [4.78, 5) is 11.4. The van der Waals surface area contributed by atoms with Crippen LogP contribution in [0, 0.1) is 6.92 Å². The quantitative estimate of drug-likeness (QED) is 0.571. The summed E-state index contributed by atoms with van der Waals surface area (Å²) in [5.74, 6) is 2.30. The number of ether oxygens (including phenoxy) is 2. The third-order valence-corrected chi connectivity index (χ3v) is 5.34. The van der Waals surface area contributed by atoms with E-state index in [1.807, 2.05) is 25.3 Å². The first-order valence-electron chi connectivity index (χ1n) is 10.6. The third-order valence-electron chi connectivity index (χ3n) is 5.34. The average molecular weight is 420 g/mol. The number of rotatable bonds is 8. The molecule has 7 heteroatoms. The molecule has 0 unspecified atom stereocenters. The van der Waals surface area contributed by atoms with Crippen LogP contribution in [0.2, 0.25) is 0 Å². The second-order valence-electron chi connectivity index (χ2n) is 7.52. The summed E-state index contributed by atoms with van der Waals surface area (Å²) in [5.41, 5.74) is 4.44. The summed E-state index contributed by atoms with van der Waals surface area (Å²) in [6, 6.07) is 16.5. The Bertz CT molecular complexity index is 970. The van der Waals surface area contributed by atoms with Gasteiger partial charge < -0.3 is 25.0 Å². The molecule has 31 heavy (non-hydrogen) atoms. The minimum atomic E-state index is 0.580. The number of benzene rings is 2. The number of aromatic nitrogens is 2. The number of hydrogen-bond acceptors (Lipinski definition) is 7. The van der Waals surface area contributed by atoms with E-state index in [9.17, 15) is 0 Å². The topological polar surface area (TPSA) is 71.5 Å². The fourth-order valence-corrected chi connectivity index (χ4v) is 3.50. The lowest BCUT2D eigenvalue weighted by Gasteiger charge is -2.28. The molecule has 1 aliphatic heterocycles. The summed E-state index contributed by atoms with van der Waals surface area (Å²) in [7, 11) is 1.68. The standard InChI is InChI=1S/C24H29N5O2/c1-18-17-26-24(27-20-5-7-21(8-6-20)29-13-15-31-16-14-29)28-23(18)25-12-11-19-3-9-22(30-2)10-4-19/h3-10,17H,11-16H2,1-2H3,(H2,25,26,27,28). The second kappa shape index (κ2) is 10.1. The van der Waals surface area contributed by atoms with Gasteiger partial charge in [0.15, 0.2) is 0 Å². The van der Waals surface area contributed by atoms with Crippen LogP contribution in [0.1, 0.15) is 11.1 Å². The Morgan fingerprint density at radius 3 is 2.48 bits per heavy atom. The largest absolute Gasteiger partial charge is 0.497 e. The van der Waals surface area contributed by atoms with Crippen molar-refractivity contribution >= 4 is 23.1 Å². The molecule has 2 heterocycles. The van der Waals surface area contributed by atoms with Crippen molar-refractivity contribution in [2.75, 3.05) is 55.5 Å². The monoisotopic (exact) mass is 419 g/mol. The van der Waals surface area contributed by atoms with Crippen LogP contribution < -0.4 is 20.3 Å². The van der Waals surface area contributed by atoms with E-state index in [4.69, 9.17) is 9.47 Å². The van der Waals surface area contributed by atoms with Gasteiger partial charge in [-0.3, -0.25) is 0 Å². The van der Waals surface area contributed by atoms with Gasteiger partial charge in [0.2, 0.25) is 5.95 Å². The van der Waals surface area contributed by atoms with Crippen LogP contribution in [0.25, 0.3) is 0 Å². The van der Waals surface area contributed by atoms with Gasteiger partial charge in [-0.15, -0.1) is 0 Å². The first-order valence-corrected chi connectivity index (χ1v) is 10.6. The minimum Gasteiger partial charge on any atom is -0.497 e. The van der Waals surface area contributed by atoms with E-state index in [2.05, 4.69) is 61.9 Å². The van der Waals surface area contributed by atoms with Crippen molar-refractivity contribution < 1.29 is 9.47 Å². The van der Waals surface area contributed by atoms with Gasteiger partial charge in [0.25, 0.3) is 0 Å². The van der Waals surface area contributed by atoms with Gasteiger partial charge in [-0.05, 0) is 55.3 Å². The highest BCUT2D eigenvalue weighted by Gasteiger charge is 2.11. The van der Waals surface area contributed by atoms with E-state index < -0.39 is 0 Å². The Kier molecular flexibility index (Phi) is 6.84. The molecular formula is C24H29N5O2. The molecule has 0 radical (unpaired) electrons. The van der Waals surface area contributed by atoms with Crippen molar-refractivity contribution in [3.05, 3.63) is 65.9 Å². The van der Waals surface area contributed by atoms with Gasteiger partial charge in [-0.1, -0.05) is 12.1 Å². The molecule has 0 amide bonds. The number of hydrogen-bond donors (Lipinski definition) is 2. The van der Waals surface area contributed by atoms with Crippen LogP contribution in [0.15, 0.2) is 54.7 Å². The van der Waals surface area contributed by atoms with Gasteiger partial charge in [0.05, 0.1) is 20.3 Å². The molecule has 2 aromatic carbocycles. The molecule has 162 valence electrons. The van der Waals surface area contributed by atoms with Crippen molar-refractivity contribution in [3.8, 4) is 5.75 Å². The number of aryl methyl sites for hydroxylation is 1. The fourth-order valence-electron chi connectivity index (χ4n) is 3.50. The summed E-state index contributed by atoms with van der Waals surface area (Å²) in [5, 5.41) is 6.73. The van der Waals surface area contributed by atoms with E-state index in [1.54, 1.807) is 7.11 Å². The van der Waals surface area contributed by atoms with E-state index in [1.165, 1.54) is 11.3 Å². The maximum atomic E-state index is 5.43. The van der Waals surface area contributed by atoms with Crippen LogP contribution in [-0.4, -0.2) is 49.9 Å². The van der Waals surface area contributed by atoms with Crippen LogP contribution in [0.5, 0.6) is 5.75 Å². The molecular weight excluding hydrogens is 390 g/mol. The smallest absolute Gasteiger partial charge is 0.229 e. The molecule has 1 aromatic heterocycles. The van der Waals surface area contributed by atoms with Crippen molar-refractivity contribution in [3.63, 3.8) is 0 Å². The highest BCUT2D eigenvalue weighted by atomic mass is 16.5. The molecule has 0 atom stereocenters. The van der Waals surface area contributed by atoms with Crippen LogP contribution in [-0.2, 0) is 11.2 Å². The van der Waals surface area contributed by atoms with Gasteiger partial charge in [-0.2, -0.15) is 4.98 Å². The van der Waals surface area contributed by atoms with Crippen LogP contribution >= 0.6 is 0 Å². The van der Waals surface area contributed by atoms with Gasteiger partial charge in [0, 0.05) is 42.8 Å². The predicted molar refractivity (Wildman–Crippen MR) is 125 cm³/mol. The normalized spacial score (nSPS) is 13.7. The van der Waals surface area contributed by atoms with Gasteiger partial charge in [0.1, 0.15) is 11.6 Å². The zero-order chi connectivity index (χ0) is 21.5. The molecule has 3 aromatic rings. The molecule has 2 N–H and O–H groups in total. The minimum absolute atomic E-state index is 0.580. The van der Waals surface area contributed by atoms with Crippen LogP contribution in [0.3, 0.4) is 0 Å². The van der Waals surface area contributed by atoms with E-state index >= 15 is 0 Å². The SMILES string of the molecule is COc1ccc(CCNc2nc(Nc3ccc(N4CCOCC4)cc3)ncc2C)cc1.